The smallest absolute Gasteiger partial charge is 0.123 e. The van der Waals surface area contributed by atoms with E-state index in [1.807, 2.05) is 0 Å². The quantitative estimate of drug-likeness (QED) is 0.902. The maximum Gasteiger partial charge on any atom is 0.123 e. The summed E-state index contributed by atoms with van der Waals surface area (Å²) < 4.78 is 6.16. The standard InChI is InChI=1S/C19H29NO/c1-14(2)15-7-9-19(13-20,10-8-15)12-17-11-16-5-3-4-6-18(16)21-17/h3-6,14-15,17H,7-13,20H2,1-2H3. The van der Waals surface area contributed by atoms with Gasteiger partial charge in [0.15, 0.2) is 0 Å². The molecule has 21 heavy (non-hydrogen) atoms. The number of benzene rings is 1. The number of ether oxygens (including phenoxy) is 1. The summed E-state index contributed by atoms with van der Waals surface area (Å²) in [6.07, 6.45) is 7.77. The zero-order valence-electron chi connectivity index (χ0n) is 13.5. The highest BCUT2D eigenvalue weighted by Crippen LogP contribution is 2.45. The molecule has 1 heterocycles. The van der Waals surface area contributed by atoms with Gasteiger partial charge < -0.3 is 10.5 Å². The average molecular weight is 287 g/mol. The molecule has 0 bridgehead atoms. The first kappa shape index (κ1) is 14.9. The van der Waals surface area contributed by atoms with Gasteiger partial charge in [-0.05, 0) is 67.5 Å². The Balaban J connectivity index is 1.62. The predicted octanol–water partition coefficient (Wildman–Crippen LogP) is 4.17. The van der Waals surface area contributed by atoms with Gasteiger partial charge in [0.2, 0.25) is 0 Å². The van der Waals surface area contributed by atoms with Crippen LogP contribution in [0.15, 0.2) is 24.3 Å². The van der Waals surface area contributed by atoms with Crippen LogP contribution in [-0.2, 0) is 6.42 Å². The van der Waals surface area contributed by atoms with Gasteiger partial charge in [0.1, 0.15) is 11.9 Å². The predicted molar refractivity (Wildman–Crippen MR) is 87.5 cm³/mol. The van der Waals surface area contributed by atoms with Crippen LogP contribution in [0.2, 0.25) is 0 Å². The minimum absolute atomic E-state index is 0.318. The normalized spacial score (nSPS) is 32.0. The third-order valence-corrected chi connectivity index (χ3v) is 5.84. The summed E-state index contributed by atoms with van der Waals surface area (Å²) in [5, 5.41) is 0. The van der Waals surface area contributed by atoms with Crippen molar-refractivity contribution >= 4 is 0 Å². The second-order valence-corrected chi connectivity index (χ2v) is 7.54. The zero-order valence-corrected chi connectivity index (χ0v) is 13.5. The van der Waals surface area contributed by atoms with E-state index in [1.54, 1.807) is 0 Å². The Kier molecular flexibility index (Phi) is 4.26. The molecule has 116 valence electrons. The minimum Gasteiger partial charge on any atom is -0.490 e. The summed E-state index contributed by atoms with van der Waals surface area (Å²) >= 11 is 0. The number of rotatable bonds is 4. The highest BCUT2D eigenvalue weighted by atomic mass is 16.5. The van der Waals surface area contributed by atoms with Crippen molar-refractivity contribution in [1.29, 1.82) is 0 Å². The first-order valence-corrected chi connectivity index (χ1v) is 8.56. The Hall–Kier alpha value is -1.02. The molecular formula is C19H29NO. The van der Waals surface area contributed by atoms with Gasteiger partial charge >= 0.3 is 0 Å². The molecule has 1 fully saturated rings. The highest BCUT2D eigenvalue weighted by molar-refractivity contribution is 5.37. The van der Waals surface area contributed by atoms with Crippen molar-refractivity contribution in [2.24, 2.45) is 23.0 Å². The highest BCUT2D eigenvalue weighted by Gasteiger charge is 2.38. The molecular weight excluding hydrogens is 258 g/mol. The van der Waals surface area contributed by atoms with Crippen LogP contribution >= 0.6 is 0 Å². The molecule has 1 aliphatic heterocycles. The summed E-state index contributed by atoms with van der Waals surface area (Å²) in [4.78, 5) is 0. The van der Waals surface area contributed by atoms with Crippen LogP contribution in [0.3, 0.4) is 0 Å². The van der Waals surface area contributed by atoms with Crippen molar-refractivity contribution in [1.82, 2.24) is 0 Å². The Morgan fingerprint density at radius 2 is 1.95 bits per heavy atom. The van der Waals surface area contributed by atoms with E-state index in [9.17, 15) is 0 Å². The van der Waals surface area contributed by atoms with Gasteiger partial charge in [0, 0.05) is 6.42 Å². The maximum absolute atomic E-state index is 6.19. The lowest BCUT2D eigenvalue weighted by atomic mass is 9.65. The second kappa shape index (κ2) is 6.00. The van der Waals surface area contributed by atoms with Gasteiger partial charge in [-0.2, -0.15) is 0 Å². The van der Waals surface area contributed by atoms with Gasteiger partial charge in [-0.25, -0.2) is 0 Å². The minimum atomic E-state index is 0.318. The molecule has 2 N–H and O–H groups in total. The number of hydrogen-bond donors (Lipinski definition) is 1. The van der Waals surface area contributed by atoms with Crippen LogP contribution in [0, 0.1) is 17.3 Å². The maximum atomic E-state index is 6.19. The fraction of sp³-hybridized carbons (Fsp3) is 0.684. The van der Waals surface area contributed by atoms with E-state index >= 15 is 0 Å². The molecule has 0 radical (unpaired) electrons. The van der Waals surface area contributed by atoms with E-state index in [0.29, 0.717) is 11.5 Å². The first-order chi connectivity index (χ1) is 10.1. The SMILES string of the molecule is CC(C)C1CCC(CN)(CC2Cc3ccccc3O2)CC1. The van der Waals surface area contributed by atoms with E-state index in [2.05, 4.69) is 38.1 Å². The number of fused-ring (bicyclic) bond motifs is 1. The van der Waals surface area contributed by atoms with E-state index in [4.69, 9.17) is 10.5 Å². The number of nitrogens with two attached hydrogens (primary N) is 1. The van der Waals surface area contributed by atoms with Crippen LogP contribution in [0.1, 0.15) is 51.5 Å². The van der Waals surface area contributed by atoms with Crippen LogP contribution in [0.4, 0.5) is 0 Å². The summed E-state index contributed by atoms with van der Waals surface area (Å²) in [6.45, 7) is 5.53. The molecule has 1 aromatic rings. The van der Waals surface area contributed by atoms with E-state index in [-0.39, 0.29) is 0 Å². The zero-order chi connectivity index (χ0) is 14.9. The van der Waals surface area contributed by atoms with Crippen LogP contribution < -0.4 is 10.5 Å². The number of hydrogen-bond acceptors (Lipinski definition) is 2. The van der Waals surface area contributed by atoms with E-state index in [0.717, 1.165) is 37.0 Å². The Morgan fingerprint density at radius 1 is 1.24 bits per heavy atom. The third-order valence-electron chi connectivity index (χ3n) is 5.84. The van der Waals surface area contributed by atoms with Gasteiger partial charge in [0.25, 0.3) is 0 Å². The molecule has 1 atom stereocenters. The topological polar surface area (TPSA) is 35.2 Å². The molecule has 0 saturated heterocycles. The molecule has 2 heteroatoms. The van der Waals surface area contributed by atoms with Gasteiger partial charge in [-0.15, -0.1) is 0 Å². The molecule has 0 spiro atoms. The molecule has 1 saturated carbocycles. The summed E-state index contributed by atoms with van der Waals surface area (Å²) in [5.41, 5.74) is 7.87. The third kappa shape index (κ3) is 3.11. The van der Waals surface area contributed by atoms with Crippen LogP contribution in [0.5, 0.6) is 5.75 Å². The Morgan fingerprint density at radius 3 is 2.57 bits per heavy atom. The van der Waals surface area contributed by atoms with Crippen molar-refractivity contribution in [3.05, 3.63) is 29.8 Å². The lowest BCUT2D eigenvalue weighted by Gasteiger charge is -2.42. The molecule has 1 aromatic carbocycles. The number of para-hydroxylation sites is 1. The monoisotopic (exact) mass is 287 g/mol. The van der Waals surface area contributed by atoms with Gasteiger partial charge in [-0.3, -0.25) is 0 Å². The lowest BCUT2D eigenvalue weighted by molar-refractivity contribution is 0.0749. The van der Waals surface area contributed by atoms with Crippen molar-refractivity contribution in [3.63, 3.8) is 0 Å². The molecule has 2 aliphatic rings. The first-order valence-electron chi connectivity index (χ1n) is 8.56. The van der Waals surface area contributed by atoms with Crippen molar-refractivity contribution in [3.8, 4) is 5.75 Å². The van der Waals surface area contributed by atoms with E-state index < -0.39 is 0 Å². The van der Waals surface area contributed by atoms with Crippen molar-refractivity contribution in [2.45, 2.75) is 58.5 Å². The summed E-state index contributed by atoms with van der Waals surface area (Å²) in [7, 11) is 0. The van der Waals surface area contributed by atoms with Crippen molar-refractivity contribution in [2.75, 3.05) is 6.54 Å². The average Bonchev–Trinajstić information content (AvgIpc) is 2.89. The summed E-state index contributed by atoms with van der Waals surface area (Å²) in [5.74, 6) is 2.80. The molecule has 0 amide bonds. The molecule has 1 unspecified atom stereocenters. The van der Waals surface area contributed by atoms with Gasteiger partial charge in [-0.1, -0.05) is 32.0 Å². The van der Waals surface area contributed by atoms with Crippen molar-refractivity contribution < 1.29 is 4.74 Å². The summed E-state index contributed by atoms with van der Waals surface area (Å²) in [6, 6.07) is 8.46. The lowest BCUT2D eigenvalue weighted by Crippen LogP contribution is -2.39. The van der Waals surface area contributed by atoms with Crippen LogP contribution in [0.25, 0.3) is 0 Å². The fourth-order valence-corrected chi connectivity index (χ4v) is 4.26. The molecule has 2 nitrogen and oxygen atoms in total. The fourth-order valence-electron chi connectivity index (χ4n) is 4.26. The Labute approximate surface area is 129 Å². The molecule has 1 aliphatic carbocycles. The molecule has 3 rings (SSSR count). The Bertz CT molecular complexity index is 449. The second-order valence-electron chi connectivity index (χ2n) is 7.54. The molecule has 0 aromatic heterocycles. The largest absolute Gasteiger partial charge is 0.490 e. The van der Waals surface area contributed by atoms with Crippen LogP contribution in [-0.4, -0.2) is 12.6 Å². The van der Waals surface area contributed by atoms with E-state index in [1.165, 1.54) is 31.2 Å². The van der Waals surface area contributed by atoms with Gasteiger partial charge in [0.05, 0.1) is 0 Å².